The minimum Gasteiger partial charge on any atom is -0.387 e. The van der Waals surface area contributed by atoms with Crippen molar-refractivity contribution in [3.63, 3.8) is 0 Å². The molecule has 0 aliphatic heterocycles. The van der Waals surface area contributed by atoms with Crippen molar-refractivity contribution in [1.29, 1.82) is 0 Å². The van der Waals surface area contributed by atoms with E-state index < -0.39 is 15.9 Å². The maximum Gasteiger partial charge on any atom is 0.150 e. The zero-order chi connectivity index (χ0) is 13.4. The topological polar surface area (TPSA) is 66.4 Å². The molecule has 0 bridgehead atoms. The molecule has 5 heteroatoms. The van der Waals surface area contributed by atoms with Crippen molar-refractivity contribution in [3.8, 4) is 0 Å². The highest BCUT2D eigenvalue weighted by molar-refractivity contribution is 7.91. The van der Waals surface area contributed by atoms with E-state index in [9.17, 15) is 13.5 Å². The Morgan fingerprint density at radius 1 is 1.28 bits per heavy atom. The molecule has 0 saturated heterocycles. The Hall–Kier alpha value is -0.910. The van der Waals surface area contributed by atoms with Gasteiger partial charge in [-0.2, -0.15) is 0 Å². The number of nitrogens with one attached hydrogen (secondary N) is 1. The van der Waals surface area contributed by atoms with Gasteiger partial charge in [-0.3, -0.25) is 0 Å². The molecule has 0 aliphatic rings. The summed E-state index contributed by atoms with van der Waals surface area (Å²) < 4.78 is 22.5. The third-order valence-electron chi connectivity index (χ3n) is 2.77. The third-order valence-corrected chi connectivity index (χ3v) is 4.56. The lowest BCUT2D eigenvalue weighted by Crippen LogP contribution is -2.24. The van der Waals surface area contributed by atoms with Crippen molar-refractivity contribution >= 4 is 9.84 Å². The lowest BCUT2D eigenvalue weighted by Gasteiger charge is -2.11. The maximum absolute atomic E-state index is 11.2. The fourth-order valence-corrected chi connectivity index (χ4v) is 2.47. The van der Waals surface area contributed by atoms with Crippen LogP contribution in [-0.4, -0.2) is 38.1 Å². The second kappa shape index (κ2) is 7.51. The van der Waals surface area contributed by atoms with Crippen molar-refractivity contribution in [2.24, 2.45) is 0 Å². The summed E-state index contributed by atoms with van der Waals surface area (Å²) in [6.45, 7) is 2.70. The number of rotatable bonds is 8. The Balaban J connectivity index is 2.19. The molecule has 0 saturated carbocycles. The van der Waals surface area contributed by atoms with Crippen LogP contribution in [0.4, 0.5) is 0 Å². The molecular weight excluding hydrogens is 250 g/mol. The predicted octanol–water partition coefficient (Wildman–Crippen LogP) is 1.13. The molecular formula is C13H21NO3S. The summed E-state index contributed by atoms with van der Waals surface area (Å²) in [4.78, 5) is 0. The Morgan fingerprint density at radius 2 is 1.94 bits per heavy atom. The van der Waals surface area contributed by atoms with Crippen LogP contribution in [-0.2, 0) is 9.84 Å². The number of aliphatic hydroxyl groups is 1. The molecule has 1 atom stereocenters. The van der Waals surface area contributed by atoms with Crippen molar-refractivity contribution in [1.82, 2.24) is 5.32 Å². The smallest absolute Gasteiger partial charge is 0.150 e. The fraction of sp³-hybridized carbons (Fsp3) is 0.538. The van der Waals surface area contributed by atoms with Gasteiger partial charge in [-0.15, -0.1) is 0 Å². The number of aliphatic hydroxyl groups excluding tert-OH is 1. The van der Waals surface area contributed by atoms with Crippen LogP contribution in [0.2, 0.25) is 0 Å². The van der Waals surface area contributed by atoms with Crippen LogP contribution in [0.25, 0.3) is 0 Å². The van der Waals surface area contributed by atoms with Crippen LogP contribution in [0.15, 0.2) is 30.3 Å². The minimum absolute atomic E-state index is 0.194. The molecule has 1 aromatic carbocycles. The maximum atomic E-state index is 11.2. The van der Waals surface area contributed by atoms with Crippen LogP contribution in [0.3, 0.4) is 0 Å². The van der Waals surface area contributed by atoms with Gasteiger partial charge in [0.1, 0.15) is 9.84 Å². The molecule has 0 aliphatic carbocycles. The van der Waals surface area contributed by atoms with Gasteiger partial charge >= 0.3 is 0 Å². The Morgan fingerprint density at radius 3 is 2.56 bits per heavy atom. The zero-order valence-corrected chi connectivity index (χ0v) is 11.5. The first-order valence-corrected chi connectivity index (χ1v) is 8.01. The Bertz CT molecular complexity index is 431. The molecule has 0 fully saturated rings. The highest BCUT2D eigenvalue weighted by Gasteiger charge is 2.08. The van der Waals surface area contributed by atoms with Gasteiger partial charge in [-0.1, -0.05) is 37.3 Å². The molecule has 0 radical (unpaired) electrons. The highest BCUT2D eigenvalue weighted by Crippen LogP contribution is 2.10. The Kier molecular flexibility index (Phi) is 6.32. The average molecular weight is 271 g/mol. The number of hydrogen-bond acceptors (Lipinski definition) is 4. The number of hydrogen-bond donors (Lipinski definition) is 2. The summed E-state index contributed by atoms with van der Waals surface area (Å²) >= 11 is 0. The lowest BCUT2D eigenvalue weighted by atomic mass is 10.1. The van der Waals surface area contributed by atoms with E-state index in [0.717, 1.165) is 5.56 Å². The molecule has 0 aromatic heterocycles. The largest absolute Gasteiger partial charge is 0.387 e. The second-order valence-corrected chi connectivity index (χ2v) is 6.69. The van der Waals surface area contributed by atoms with Crippen LogP contribution in [0, 0.1) is 0 Å². The van der Waals surface area contributed by atoms with Gasteiger partial charge in [0.15, 0.2) is 0 Å². The van der Waals surface area contributed by atoms with Gasteiger partial charge in [0, 0.05) is 12.3 Å². The zero-order valence-electron chi connectivity index (χ0n) is 10.7. The normalized spacial score (nSPS) is 13.4. The van der Waals surface area contributed by atoms with Crippen molar-refractivity contribution < 1.29 is 13.5 Å². The molecule has 1 aromatic rings. The van der Waals surface area contributed by atoms with E-state index in [2.05, 4.69) is 5.32 Å². The van der Waals surface area contributed by atoms with Gasteiger partial charge < -0.3 is 10.4 Å². The first-order chi connectivity index (χ1) is 8.55. The first kappa shape index (κ1) is 15.1. The fourth-order valence-electron chi connectivity index (χ4n) is 1.59. The minimum atomic E-state index is -2.87. The van der Waals surface area contributed by atoms with Gasteiger partial charge in [0.25, 0.3) is 0 Å². The summed E-state index contributed by atoms with van der Waals surface area (Å²) in [6, 6.07) is 9.40. The lowest BCUT2D eigenvalue weighted by molar-refractivity contribution is 0.175. The Labute approximate surface area is 109 Å². The van der Waals surface area contributed by atoms with E-state index in [1.165, 1.54) is 0 Å². The van der Waals surface area contributed by atoms with Gasteiger partial charge in [-0.05, 0) is 18.5 Å². The van der Waals surface area contributed by atoms with Crippen LogP contribution in [0.5, 0.6) is 0 Å². The van der Waals surface area contributed by atoms with E-state index in [0.29, 0.717) is 19.5 Å². The molecule has 18 heavy (non-hydrogen) atoms. The number of benzene rings is 1. The third kappa shape index (κ3) is 5.62. The monoisotopic (exact) mass is 271 g/mol. The highest BCUT2D eigenvalue weighted by atomic mass is 32.2. The molecule has 1 rings (SSSR count). The summed E-state index contributed by atoms with van der Waals surface area (Å²) in [6.07, 6.45) is 0.0338. The van der Waals surface area contributed by atoms with E-state index in [4.69, 9.17) is 0 Å². The quantitative estimate of drug-likeness (QED) is 0.696. The van der Waals surface area contributed by atoms with E-state index >= 15 is 0 Å². The van der Waals surface area contributed by atoms with Crippen molar-refractivity contribution in [2.75, 3.05) is 24.6 Å². The van der Waals surface area contributed by atoms with E-state index in [1.54, 1.807) is 6.92 Å². The molecule has 4 nitrogen and oxygen atoms in total. The molecule has 102 valence electrons. The molecule has 1 unspecified atom stereocenters. The second-order valence-electron chi connectivity index (χ2n) is 4.22. The van der Waals surface area contributed by atoms with Crippen molar-refractivity contribution in [2.45, 2.75) is 19.4 Å². The van der Waals surface area contributed by atoms with Gasteiger partial charge in [0.05, 0.1) is 11.9 Å². The number of sulfone groups is 1. The van der Waals surface area contributed by atoms with Crippen LogP contribution in [0.1, 0.15) is 25.0 Å². The molecule has 0 spiro atoms. The summed E-state index contributed by atoms with van der Waals surface area (Å²) in [5.41, 5.74) is 0.867. The van der Waals surface area contributed by atoms with Crippen LogP contribution >= 0.6 is 0 Å². The molecule has 0 heterocycles. The van der Waals surface area contributed by atoms with E-state index in [-0.39, 0.29) is 11.5 Å². The molecule has 2 N–H and O–H groups in total. The molecule has 0 amide bonds. The van der Waals surface area contributed by atoms with Crippen molar-refractivity contribution in [3.05, 3.63) is 35.9 Å². The summed E-state index contributed by atoms with van der Waals surface area (Å²) in [5, 5.41) is 12.9. The summed E-state index contributed by atoms with van der Waals surface area (Å²) in [7, 11) is -2.87. The average Bonchev–Trinajstić information content (AvgIpc) is 2.39. The summed E-state index contributed by atoms with van der Waals surface area (Å²) in [5.74, 6) is 0.400. The van der Waals surface area contributed by atoms with E-state index in [1.807, 2.05) is 30.3 Å². The standard InChI is InChI=1S/C13H21NO3S/c1-2-18(16,17)10-6-9-14-11-13(15)12-7-4-3-5-8-12/h3-5,7-8,13-15H,2,6,9-11H2,1H3. The predicted molar refractivity (Wildman–Crippen MR) is 73.2 cm³/mol. The van der Waals surface area contributed by atoms with Gasteiger partial charge in [0.2, 0.25) is 0 Å². The first-order valence-electron chi connectivity index (χ1n) is 6.19. The van der Waals surface area contributed by atoms with Gasteiger partial charge in [-0.25, -0.2) is 8.42 Å². The van der Waals surface area contributed by atoms with Crippen LogP contribution < -0.4 is 5.32 Å². The SMILES string of the molecule is CCS(=O)(=O)CCCNCC(O)c1ccccc1.